The highest BCUT2D eigenvalue weighted by molar-refractivity contribution is 5.75. The van der Waals surface area contributed by atoms with Crippen LogP contribution in [0.15, 0.2) is 0 Å². The van der Waals surface area contributed by atoms with Gasteiger partial charge in [-0.2, -0.15) is 0 Å². The second-order valence-corrected chi connectivity index (χ2v) is 4.04. The monoisotopic (exact) mass is 230 g/mol. The molecule has 1 amide bonds. The lowest BCUT2D eigenvalue weighted by molar-refractivity contribution is -0.146. The van der Waals surface area contributed by atoms with Crippen LogP contribution < -0.4 is 5.73 Å². The zero-order chi connectivity index (χ0) is 12.1. The van der Waals surface area contributed by atoms with Gasteiger partial charge in [-0.25, -0.2) is 4.79 Å². The second-order valence-electron chi connectivity index (χ2n) is 4.04. The summed E-state index contributed by atoms with van der Waals surface area (Å²) in [6.07, 6.45) is -0.357. The molecule has 1 aliphatic heterocycles. The van der Waals surface area contributed by atoms with E-state index in [4.69, 9.17) is 15.2 Å². The van der Waals surface area contributed by atoms with Gasteiger partial charge in [0.05, 0.1) is 13.1 Å². The summed E-state index contributed by atoms with van der Waals surface area (Å²) in [5.41, 5.74) is 5.60. The summed E-state index contributed by atoms with van der Waals surface area (Å²) in [6, 6.07) is -0.606. The molecule has 1 aliphatic rings. The molecule has 2 N–H and O–H groups in total. The van der Waals surface area contributed by atoms with Crippen molar-refractivity contribution in [2.45, 2.75) is 19.9 Å². The first-order valence-electron chi connectivity index (χ1n) is 5.36. The van der Waals surface area contributed by atoms with Crippen LogP contribution in [-0.4, -0.2) is 49.3 Å². The van der Waals surface area contributed by atoms with Gasteiger partial charge < -0.3 is 20.1 Å². The van der Waals surface area contributed by atoms with Crippen molar-refractivity contribution in [1.82, 2.24) is 4.90 Å². The number of hydrogen-bond donors (Lipinski definition) is 1. The average molecular weight is 230 g/mol. The number of esters is 1. The van der Waals surface area contributed by atoms with E-state index in [1.807, 2.05) is 13.8 Å². The minimum atomic E-state index is -0.606. The van der Waals surface area contributed by atoms with E-state index in [0.29, 0.717) is 19.7 Å². The minimum absolute atomic E-state index is 0.0456. The van der Waals surface area contributed by atoms with Crippen molar-refractivity contribution in [3.05, 3.63) is 0 Å². The van der Waals surface area contributed by atoms with Gasteiger partial charge in [0.15, 0.2) is 0 Å². The summed E-state index contributed by atoms with van der Waals surface area (Å²) < 4.78 is 9.69. The van der Waals surface area contributed by atoms with E-state index < -0.39 is 12.0 Å². The summed E-state index contributed by atoms with van der Waals surface area (Å²) in [5, 5.41) is 0. The number of rotatable bonds is 5. The SMILES string of the molecule is CC(C)C(N)C(=O)OCCN1CCOC1=O. The van der Waals surface area contributed by atoms with E-state index in [1.54, 1.807) is 0 Å². The lowest BCUT2D eigenvalue weighted by Gasteiger charge is -2.16. The fraction of sp³-hybridized carbons (Fsp3) is 0.800. The number of cyclic esters (lactones) is 1. The van der Waals surface area contributed by atoms with Crippen molar-refractivity contribution >= 4 is 12.1 Å². The largest absolute Gasteiger partial charge is 0.463 e. The van der Waals surface area contributed by atoms with Gasteiger partial charge in [-0.1, -0.05) is 13.8 Å². The standard InChI is InChI=1S/C10H18N2O4/c1-7(2)8(11)9(13)15-5-3-12-4-6-16-10(12)14/h7-8H,3-6,11H2,1-2H3. The normalized spacial score (nSPS) is 17.5. The number of carbonyl (C=O) groups is 2. The third-order valence-corrected chi connectivity index (χ3v) is 2.44. The molecule has 6 heteroatoms. The maximum absolute atomic E-state index is 11.4. The Hall–Kier alpha value is -1.30. The maximum atomic E-state index is 11.4. The Kier molecular flexibility index (Phi) is 4.54. The van der Waals surface area contributed by atoms with Gasteiger partial charge in [-0.3, -0.25) is 4.79 Å². The summed E-state index contributed by atoms with van der Waals surface area (Å²) >= 11 is 0. The highest BCUT2D eigenvalue weighted by Gasteiger charge is 2.23. The Labute approximate surface area is 94.7 Å². The molecule has 0 bridgehead atoms. The highest BCUT2D eigenvalue weighted by Crippen LogP contribution is 2.03. The molecule has 6 nitrogen and oxygen atoms in total. The van der Waals surface area contributed by atoms with E-state index in [0.717, 1.165) is 0 Å². The number of carbonyl (C=O) groups excluding carboxylic acids is 2. The van der Waals surface area contributed by atoms with Crippen LogP contribution in [0.5, 0.6) is 0 Å². The molecule has 1 unspecified atom stereocenters. The van der Waals surface area contributed by atoms with Crippen LogP contribution in [0, 0.1) is 5.92 Å². The van der Waals surface area contributed by atoms with Crippen molar-refractivity contribution < 1.29 is 19.1 Å². The first-order chi connectivity index (χ1) is 7.52. The Morgan fingerprint density at radius 1 is 1.62 bits per heavy atom. The molecular formula is C10H18N2O4. The van der Waals surface area contributed by atoms with Crippen molar-refractivity contribution in [1.29, 1.82) is 0 Å². The van der Waals surface area contributed by atoms with Gasteiger partial charge in [0.1, 0.15) is 19.3 Å². The number of amides is 1. The minimum Gasteiger partial charge on any atom is -0.463 e. The molecule has 0 aliphatic carbocycles. The van der Waals surface area contributed by atoms with E-state index in [-0.39, 0.29) is 18.6 Å². The summed E-state index contributed by atoms with van der Waals surface area (Å²) in [4.78, 5) is 23.9. The zero-order valence-corrected chi connectivity index (χ0v) is 9.64. The number of ether oxygens (including phenoxy) is 2. The highest BCUT2D eigenvalue weighted by atomic mass is 16.6. The van der Waals surface area contributed by atoms with Crippen LogP contribution in [-0.2, 0) is 14.3 Å². The zero-order valence-electron chi connectivity index (χ0n) is 9.64. The molecule has 0 aromatic rings. The molecule has 1 fully saturated rings. The summed E-state index contributed by atoms with van der Waals surface area (Å²) in [5.74, 6) is -0.383. The fourth-order valence-corrected chi connectivity index (χ4v) is 1.25. The van der Waals surface area contributed by atoms with Crippen molar-refractivity contribution in [2.75, 3.05) is 26.3 Å². The molecule has 1 rings (SSSR count). The van der Waals surface area contributed by atoms with Gasteiger partial charge in [0.2, 0.25) is 0 Å². The number of nitrogens with two attached hydrogens (primary N) is 1. The Morgan fingerprint density at radius 3 is 2.81 bits per heavy atom. The van der Waals surface area contributed by atoms with Crippen LogP contribution in [0.2, 0.25) is 0 Å². The maximum Gasteiger partial charge on any atom is 0.410 e. The molecule has 1 saturated heterocycles. The molecule has 1 heterocycles. The van der Waals surface area contributed by atoms with Gasteiger partial charge in [-0.15, -0.1) is 0 Å². The first kappa shape index (κ1) is 12.8. The molecule has 1 atom stereocenters. The van der Waals surface area contributed by atoms with Crippen molar-refractivity contribution in [2.24, 2.45) is 11.7 Å². The lowest BCUT2D eigenvalue weighted by atomic mass is 10.1. The average Bonchev–Trinajstić information content (AvgIpc) is 2.63. The molecule has 16 heavy (non-hydrogen) atoms. The van der Waals surface area contributed by atoms with Crippen molar-refractivity contribution in [3.63, 3.8) is 0 Å². The van der Waals surface area contributed by atoms with Gasteiger partial charge in [-0.05, 0) is 5.92 Å². The van der Waals surface area contributed by atoms with Crippen LogP contribution >= 0.6 is 0 Å². The summed E-state index contributed by atoms with van der Waals surface area (Å²) in [6.45, 7) is 5.17. The Morgan fingerprint density at radius 2 is 2.31 bits per heavy atom. The van der Waals surface area contributed by atoms with Gasteiger partial charge in [0, 0.05) is 0 Å². The lowest BCUT2D eigenvalue weighted by Crippen LogP contribution is -2.38. The van der Waals surface area contributed by atoms with E-state index in [1.165, 1.54) is 4.90 Å². The van der Waals surface area contributed by atoms with E-state index in [2.05, 4.69) is 0 Å². The quantitative estimate of drug-likeness (QED) is 0.670. The third-order valence-electron chi connectivity index (χ3n) is 2.44. The Balaban J connectivity index is 2.20. The van der Waals surface area contributed by atoms with Crippen molar-refractivity contribution in [3.8, 4) is 0 Å². The number of hydrogen-bond acceptors (Lipinski definition) is 5. The first-order valence-corrected chi connectivity index (χ1v) is 5.36. The van der Waals surface area contributed by atoms with E-state index >= 15 is 0 Å². The predicted molar refractivity (Wildman–Crippen MR) is 56.7 cm³/mol. The van der Waals surface area contributed by atoms with Crippen LogP contribution in [0.25, 0.3) is 0 Å². The molecule has 0 saturated carbocycles. The van der Waals surface area contributed by atoms with Gasteiger partial charge >= 0.3 is 12.1 Å². The molecule has 92 valence electrons. The fourth-order valence-electron chi connectivity index (χ4n) is 1.25. The molecular weight excluding hydrogens is 212 g/mol. The van der Waals surface area contributed by atoms with Crippen LogP contribution in [0.4, 0.5) is 4.79 Å². The second kappa shape index (κ2) is 5.69. The van der Waals surface area contributed by atoms with Gasteiger partial charge in [0.25, 0.3) is 0 Å². The molecule has 0 radical (unpaired) electrons. The summed E-state index contributed by atoms with van der Waals surface area (Å²) in [7, 11) is 0. The van der Waals surface area contributed by atoms with Crippen LogP contribution in [0.1, 0.15) is 13.8 Å². The third kappa shape index (κ3) is 3.37. The Bertz CT molecular complexity index is 268. The molecule has 0 spiro atoms. The molecule has 0 aromatic carbocycles. The van der Waals surface area contributed by atoms with Crippen LogP contribution in [0.3, 0.4) is 0 Å². The topological polar surface area (TPSA) is 81.9 Å². The smallest absolute Gasteiger partial charge is 0.410 e. The number of nitrogens with zero attached hydrogens (tertiary/aromatic N) is 1. The molecule has 0 aromatic heterocycles. The predicted octanol–water partition coefficient (Wildman–Crippen LogP) is -0.0349. The van der Waals surface area contributed by atoms with E-state index in [9.17, 15) is 9.59 Å².